The number of rotatable bonds is 8. The van der Waals surface area contributed by atoms with Crippen LogP contribution in [0.2, 0.25) is 6.04 Å². The van der Waals surface area contributed by atoms with E-state index in [1.54, 1.807) is 0 Å². The predicted molar refractivity (Wildman–Crippen MR) is 96.9 cm³/mol. The van der Waals surface area contributed by atoms with Gasteiger partial charge in [-0.2, -0.15) is 0 Å². The van der Waals surface area contributed by atoms with Crippen molar-refractivity contribution in [2.24, 2.45) is 0 Å². The summed E-state index contributed by atoms with van der Waals surface area (Å²) in [6, 6.07) is 23.0. The fraction of sp³-hybridized carbons (Fsp3) is 0.300. The molecule has 1 atom stereocenters. The second-order valence-electron chi connectivity index (χ2n) is 5.94. The molecule has 1 fully saturated rings. The number of hydrogen-bond donors (Lipinski definition) is 0. The monoisotopic (exact) mass is 308 g/mol. The molecule has 1 aliphatic rings. The summed E-state index contributed by atoms with van der Waals surface area (Å²) >= 11 is 0. The first-order valence-corrected chi connectivity index (χ1v) is 10.2. The number of benzene rings is 2. The lowest BCUT2D eigenvalue weighted by Gasteiger charge is -2.08. The van der Waals surface area contributed by atoms with Gasteiger partial charge in [-0.1, -0.05) is 85.2 Å². The van der Waals surface area contributed by atoms with Crippen molar-refractivity contribution in [3.63, 3.8) is 0 Å². The van der Waals surface area contributed by atoms with Crippen molar-refractivity contribution in [1.29, 1.82) is 0 Å². The molecular formula is C20H24OSi. The Bertz CT molecular complexity index is 546. The lowest BCUT2D eigenvalue weighted by Crippen LogP contribution is -1.93. The Labute approximate surface area is 135 Å². The molecule has 2 aromatic rings. The second-order valence-corrected chi connectivity index (χ2v) is 7.64. The van der Waals surface area contributed by atoms with E-state index in [4.69, 9.17) is 4.74 Å². The summed E-state index contributed by atoms with van der Waals surface area (Å²) in [5.41, 5.74) is 6.64. The van der Waals surface area contributed by atoms with Gasteiger partial charge >= 0.3 is 0 Å². The van der Waals surface area contributed by atoms with Crippen molar-refractivity contribution in [3.05, 3.63) is 77.5 Å². The van der Waals surface area contributed by atoms with E-state index in [9.17, 15) is 0 Å². The fourth-order valence-electron chi connectivity index (χ4n) is 2.81. The summed E-state index contributed by atoms with van der Waals surface area (Å²) in [7, 11) is -0.151. The van der Waals surface area contributed by atoms with Gasteiger partial charge in [-0.3, -0.25) is 0 Å². The van der Waals surface area contributed by atoms with Crippen LogP contribution in [0.1, 0.15) is 30.4 Å². The molecule has 1 unspecified atom stereocenters. The van der Waals surface area contributed by atoms with Gasteiger partial charge < -0.3 is 4.74 Å². The standard InChI is InChI=1S/C20H24OSi/c1-3-9-17(10-4-1)20(18-11-5-2-6-12-18)16-22-14-8-7-13-19-15-21-19/h1-6,9-12,16,19H,7-8,13-15,22H2. The summed E-state index contributed by atoms with van der Waals surface area (Å²) in [6.07, 6.45) is 4.56. The molecule has 22 heavy (non-hydrogen) atoms. The highest BCUT2D eigenvalue weighted by atomic mass is 28.2. The van der Waals surface area contributed by atoms with Gasteiger partial charge in [0.15, 0.2) is 0 Å². The van der Waals surface area contributed by atoms with Gasteiger partial charge in [-0.25, -0.2) is 0 Å². The van der Waals surface area contributed by atoms with E-state index in [-0.39, 0.29) is 9.52 Å². The third kappa shape index (κ3) is 4.69. The molecule has 0 spiro atoms. The van der Waals surface area contributed by atoms with Crippen LogP contribution in [0.4, 0.5) is 0 Å². The molecular weight excluding hydrogens is 284 g/mol. The Morgan fingerprint density at radius 2 is 1.55 bits per heavy atom. The van der Waals surface area contributed by atoms with E-state index >= 15 is 0 Å². The van der Waals surface area contributed by atoms with Crippen LogP contribution in [0.15, 0.2) is 66.4 Å². The number of unbranched alkanes of at least 4 members (excludes halogenated alkanes) is 1. The van der Waals surface area contributed by atoms with Crippen molar-refractivity contribution in [3.8, 4) is 0 Å². The van der Waals surface area contributed by atoms with Crippen LogP contribution in [0, 0.1) is 0 Å². The van der Waals surface area contributed by atoms with Gasteiger partial charge in [-0.15, -0.1) is 0 Å². The Hall–Kier alpha value is -1.64. The molecule has 0 amide bonds. The zero-order chi connectivity index (χ0) is 15.0. The first kappa shape index (κ1) is 15.3. The summed E-state index contributed by atoms with van der Waals surface area (Å²) in [5, 5.41) is 0. The molecule has 2 heteroatoms. The summed E-state index contributed by atoms with van der Waals surface area (Å²) in [4.78, 5) is 0. The minimum atomic E-state index is -0.151. The van der Waals surface area contributed by atoms with Gasteiger partial charge in [0.05, 0.1) is 12.7 Å². The normalized spacial score (nSPS) is 16.8. The molecule has 0 bridgehead atoms. The molecule has 0 aromatic heterocycles. The topological polar surface area (TPSA) is 12.5 Å². The predicted octanol–water partition coefficient (Wildman–Crippen LogP) is 4.23. The molecule has 1 aliphatic heterocycles. The van der Waals surface area contributed by atoms with Crippen molar-refractivity contribution >= 4 is 15.1 Å². The highest BCUT2D eigenvalue weighted by molar-refractivity contribution is 6.44. The van der Waals surface area contributed by atoms with Crippen LogP contribution in [0.5, 0.6) is 0 Å². The Morgan fingerprint density at radius 3 is 2.09 bits per heavy atom. The number of hydrogen-bond acceptors (Lipinski definition) is 1. The van der Waals surface area contributed by atoms with Gasteiger partial charge in [-0.05, 0) is 23.1 Å². The van der Waals surface area contributed by atoms with E-state index < -0.39 is 0 Å². The summed E-state index contributed by atoms with van der Waals surface area (Å²) < 4.78 is 5.27. The second kappa shape index (κ2) is 8.11. The smallest absolute Gasteiger partial charge is 0.0810 e. The maximum atomic E-state index is 5.27. The summed E-state index contributed by atoms with van der Waals surface area (Å²) in [6.45, 7) is 1.00. The lowest BCUT2D eigenvalue weighted by molar-refractivity contribution is 0.391. The highest BCUT2D eigenvalue weighted by Gasteiger charge is 2.20. The maximum Gasteiger partial charge on any atom is 0.0810 e. The lowest BCUT2D eigenvalue weighted by atomic mass is 10.00. The van der Waals surface area contributed by atoms with Crippen LogP contribution in [0.3, 0.4) is 0 Å². The highest BCUT2D eigenvalue weighted by Crippen LogP contribution is 2.23. The SMILES string of the molecule is C([SiH2]CCCCC1CO1)=C(c1ccccc1)c1ccccc1. The van der Waals surface area contributed by atoms with E-state index in [0.717, 1.165) is 6.61 Å². The quantitative estimate of drug-likeness (QED) is 0.404. The molecule has 0 saturated carbocycles. The number of ether oxygens (including phenoxy) is 1. The zero-order valence-corrected chi connectivity index (χ0v) is 14.5. The molecule has 0 radical (unpaired) electrons. The van der Waals surface area contributed by atoms with E-state index in [1.807, 2.05) is 0 Å². The van der Waals surface area contributed by atoms with Crippen LogP contribution in [-0.4, -0.2) is 22.2 Å². The largest absolute Gasteiger partial charge is 0.373 e. The molecule has 1 saturated heterocycles. The minimum Gasteiger partial charge on any atom is -0.373 e. The van der Waals surface area contributed by atoms with Gasteiger partial charge in [0.1, 0.15) is 0 Å². The van der Waals surface area contributed by atoms with Gasteiger partial charge in [0, 0.05) is 9.52 Å². The molecule has 0 aliphatic carbocycles. The van der Waals surface area contributed by atoms with Crippen molar-refractivity contribution in [1.82, 2.24) is 0 Å². The van der Waals surface area contributed by atoms with Gasteiger partial charge in [0.25, 0.3) is 0 Å². The average molecular weight is 308 g/mol. The Kier molecular flexibility index (Phi) is 5.63. The molecule has 0 N–H and O–H groups in total. The molecule has 114 valence electrons. The molecule has 1 heterocycles. The zero-order valence-electron chi connectivity index (χ0n) is 13.1. The Morgan fingerprint density at radius 1 is 0.955 bits per heavy atom. The van der Waals surface area contributed by atoms with E-state index in [0.29, 0.717) is 6.10 Å². The molecule has 2 aromatic carbocycles. The summed E-state index contributed by atoms with van der Waals surface area (Å²) in [5.74, 6) is 0. The first-order chi connectivity index (χ1) is 10.9. The van der Waals surface area contributed by atoms with Crippen molar-refractivity contribution in [2.45, 2.75) is 31.4 Å². The molecule has 3 rings (SSSR count). The van der Waals surface area contributed by atoms with Gasteiger partial charge in [0.2, 0.25) is 0 Å². The average Bonchev–Trinajstić information content (AvgIpc) is 3.40. The maximum absolute atomic E-state index is 5.27. The van der Waals surface area contributed by atoms with Crippen LogP contribution in [-0.2, 0) is 4.74 Å². The van der Waals surface area contributed by atoms with Crippen molar-refractivity contribution < 1.29 is 4.74 Å². The van der Waals surface area contributed by atoms with E-state index in [2.05, 4.69) is 66.4 Å². The third-order valence-electron chi connectivity index (χ3n) is 4.15. The van der Waals surface area contributed by atoms with E-state index in [1.165, 1.54) is 42.0 Å². The fourth-order valence-corrected chi connectivity index (χ4v) is 4.42. The van der Waals surface area contributed by atoms with Crippen LogP contribution in [0.25, 0.3) is 5.57 Å². The minimum absolute atomic E-state index is 0.151. The third-order valence-corrected chi connectivity index (χ3v) is 5.76. The molecule has 1 nitrogen and oxygen atoms in total. The first-order valence-electron chi connectivity index (χ1n) is 8.36. The van der Waals surface area contributed by atoms with Crippen LogP contribution < -0.4 is 0 Å². The number of epoxide rings is 1. The van der Waals surface area contributed by atoms with Crippen molar-refractivity contribution in [2.75, 3.05) is 6.61 Å². The Balaban J connectivity index is 1.61. The van der Waals surface area contributed by atoms with Crippen LogP contribution >= 0.6 is 0 Å².